The number of benzene rings is 1. The number of hydrogen-bond donors (Lipinski definition) is 1. The molecule has 0 heterocycles. The van der Waals surface area contributed by atoms with Gasteiger partial charge in [0.15, 0.2) is 0 Å². The summed E-state index contributed by atoms with van der Waals surface area (Å²) in [6.07, 6.45) is 0. The van der Waals surface area contributed by atoms with E-state index in [2.05, 4.69) is 37.4 Å². The molecule has 0 unspecified atom stereocenters. The summed E-state index contributed by atoms with van der Waals surface area (Å²) in [6.45, 7) is 9.93. The van der Waals surface area contributed by atoms with Gasteiger partial charge in [-0.3, -0.25) is 0 Å². The van der Waals surface area contributed by atoms with Gasteiger partial charge in [-0.05, 0) is 32.4 Å². The molecule has 0 fully saturated rings. The quantitative estimate of drug-likeness (QED) is 0.568. The number of thioether (sulfide) groups is 1. The van der Waals surface area contributed by atoms with Gasteiger partial charge in [-0.1, -0.05) is 17.7 Å². The summed E-state index contributed by atoms with van der Waals surface area (Å²) in [7, 11) is 0. The summed E-state index contributed by atoms with van der Waals surface area (Å²) < 4.78 is 5.26. The Balaban J connectivity index is 2.15. The van der Waals surface area contributed by atoms with E-state index in [1.54, 1.807) is 0 Å². The molecule has 0 aliphatic carbocycles. The molecule has 1 aromatic carbocycles. The summed E-state index contributed by atoms with van der Waals surface area (Å²) >= 11 is 1.92. The summed E-state index contributed by atoms with van der Waals surface area (Å²) in [5.74, 6) is 1.11. The summed E-state index contributed by atoms with van der Waals surface area (Å²) in [5, 5.41) is 3.38. The second-order valence-corrected chi connectivity index (χ2v) is 5.20. The third-order valence-corrected chi connectivity index (χ3v) is 3.67. The first-order chi connectivity index (χ1) is 8.24. The topological polar surface area (TPSA) is 21.3 Å². The molecule has 0 atom stereocenters. The zero-order chi connectivity index (χ0) is 12.5. The Hall–Kier alpha value is -0.510. The van der Waals surface area contributed by atoms with Gasteiger partial charge in [0.25, 0.3) is 0 Å². The molecule has 0 radical (unpaired) electrons. The number of ether oxygens (including phenoxy) is 1. The zero-order valence-electron chi connectivity index (χ0n) is 11.1. The largest absolute Gasteiger partial charge is 0.380 e. The molecule has 0 saturated carbocycles. The van der Waals surface area contributed by atoms with Crippen LogP contribution in [0.5, 0.6) is 0 Å². The standard InChI is InChI=1S/C14H23NOS/c1-4-16-9-7-15-8-10-17-14-11-12(2)5-6-13(14)3/h5-6,11,15H,4,7-10H2,1-3H3. The maximum absolute atomic E-state index is 5.26. The lowest BCUT2D eigenvalue weighted by Gasteiger charge is -2.07. The van der Waals surface area contributed by atoms with Crippen molar-refractivity contribution < 1.29 is 4.74 Å². The molecule has 0 amide bonds. The van der Waals surface area contributed by atoms with Gasteiger partial charge < -0.3 is 10.1 Å². The van der Waals surface area contributed by atoms with E-state index in [1.165, 1.54) is 16.0 Å². The molecule has 0 aromatic heterocycles. The molecule has 0 saturated heterocycles. The van der Waals surface area contributed by atoms with Gasteiger partial charge in [0.1, 0.15) is 0 Å². The van der Waals surface area contributed by atoms with Gasteiger partial charge in [-0.25, -0.2) is 0 Å². The average molecular weight is 253 g/mol. The Bertz CT molecular complexity index is 328. The summed E-state index contributed by atoms with van der Waals surface area (Å²) in [4.78, 5) is 1.40. The van der Waals surface area contributed by atoms with E-state index in [9.17, 15) is 0 Å². The smallest absolute Gasteiger partial charge is 0.0590 e. The number of nitrogens with one attached hydrogen (secondary N) is 1. The molecule has 1 N–H and O–H groups in total. The molecular formula is C14H23NOS. The van der Waals surface area contributed by atoms with E-state index >= 15 is 0 Å². The highest BCUT2D eigenvalue weighted by Crippen LogP contribution is 2.22. The van der Waals surface area contributed by atoms with Crippen LogP contribution in [0.2, 0.25) is 0 Å². The monoisotopic (exact) mass is 253 g/mol. The van der Waals surface area contributed by atoms with Crippen molar-refractivity contribution in [2.75, 3.05) is 32.1 Å². The van der Waals surface area contributed by atoms with Crippen LogP contribution in [0.15, 0.2) is 23.1 Å². The van der Waals surface area contributed by atoms with Gasteiger partial charge in [0, 0.05) is 30.3 Å². The third kappa shape index (κ3) is 6.10. The second kappa shape index (κ2) is 8.56. The molecule has 0 aliphatic heterocycles. The Morgan fingerprint density at radius 3 is 2.82 bits per heavy atom. The third-order valence-electron chi connectivity index (χ3n) is 2.51. The molecular weight excluding hydrogens is 230 g/mol. The van der Waals surface area contributed by atoms with Crippen LogP contribution >= 0.6 is 11.8 Å². The van der Waals surface area contributed by atoms with Crippen LogP contribution in [0.3, 0.4) is 0 Å². The molecule has 0 bridgehead atoms. The van der Waals surface area contributed by atoms with Gasteiger partial charge in [0.2, 0.25) is 0 Å². The van der Waals surface area contributed by atoms with Crippen LogP contribution in [0.25, 0.3) is 0 Å². The summed E-state index contributed by atoms with van der Waals surface area (Å²) in [6, 6.07) is 6.63. The maximum Gasteiger partial charge on any atom is 0.0590 e. The fourth-order valence-electron chi connectivity index (χ4n) is 1.51. The lowest BCUT2D eigenvalue weighted by Crippen LogP contribution is -2.22. The highest BCUT2D eigenvalue weighted by atomic mass is 32.2. The highest BCUT2D eigenvalue weighted by molar-refractivity contribution is 7.99. The molecule has 17 heavy (non-hydrogen) atoms. The van der Waals surface area contributed by atoms with Gasteiger partial charge in [0.05, 0.1) is 6.61 Å². The van der Waals surface area contributed by atoms with Crippen LogP contribution in [0.1, 0.15) is 18.1 Å². The number of hydrogen-bond acceptors (Lipinski definition) is 3. The lowest BCUT2D eigenvalue weighted by molar-refractivity contribution is 0.150. The van der Waals surface area contributed by atoms with Crippen molar-refractivity contribution in [1.29, 1.82) is 0 Å². The molecule has 96 valence electrons. The van der Waals surface area contributed by atoms with E-state index in [4.69, 9.17) is 4.74 Å². The first-order valence-electron chi connectivity index (χ1n) is 6.22. The van der Waals surface area contributed by atoms with E-state index in [0.29, 0.717) is 0 Å². The van der Waals surface area contributed by atoms with Crippen molar-refractivity contribution in [3.8, 4) is 0 Å². The fraction of sp³-hybridized carbons (Fsp3) is 0.571. The number of rotatable bonds is 8. The minimum absolute atomic E-state index is 0.804. The molecule has 2 nitrogen and oxygen atoms in total. The molecule has 0 aliphatic rings. The predicted molar refractivity (Wildman–Crippen MR) is 76.0 cm³/mol. The SMILES string of the molecule is CCOCCNCCSc1cc(C)ccc1C. The van der Waals surface area contributed by atoms with Crippen molar-refractivity contribution in [2.45, 2.75) is 25.7 Å². The molecule has 1 aromatic rings. The van der Waals surface area contributed by atoms with Crippen LogP contribution < -0.4 is 5.32 Å². The first kappa shape index (κ1) is 14.6. The Morgan fingerprint density at radius 2 is 2.06 bits per heavy atom. The van der Waals surface area contributed by atoms with E-state index in [1.807, 2.05) is 18.7 Å². The average Bonchev–Trinajstić information content (AvgIpc) is 2.32. The van der Waals surface area contributed by atoms with Gasteiger partial charge in [-0.15, -0.1) is 11.8 Å². The summed E-state index contributed by atoms with van der Waals surface area (Å²) in [5.41, 5.74) is 2.71. The van der Waals surface area contributed by atoms with Crippen molar-refractivity contribution in [1.82, 2.24) is 5.32 Å². The molecule has 0 spiro atoms. The van der Waals surface area contributed by atoms with Crippen LogP contribution in [0.4, 0.5) is 0 Å². The Morgan fingerprint density at radius 1 is 1.24 bits per heavy atom. The zero-order valence-corrected chi connectivity index (χ0v) is 11.9. The predicted octanol–water partition coefficient (Wildman–Crippen LogP) is 3.02. The minimum Gasteiger partial charge on any atom is -0.380 e. The van der Waals surface area contributed by atoms with Gasteiger partial charge in [-0.2, -0.15) is 0 Å². The normalized spacial score (nSPS) is 10.8. The maximum atomic E-state index is 5.26. The van der Waals surface area contributed by atoms with Crippen molar-refractivity contribution in [2.24, 2.45) is 0 Å². The van der Waals surface area contributed by atoms with E-state index in [-0.39, 0.29) is 0 Å². The van der Waals surface area contributed by atoms with Crippen LogP contribution in [0, 0.1) is 13.8 Å². The van der Waals surface area contributed by atoms with E-state index in [0.717, 1.165) is 32.1 Å². The molecule has 1 rings (SSSR count). The van der Waals surface area contributed by atoms with Crippen molar-refractivity contribution >= 4 is 11.8 Å². The molecule has 3 heteroatoms. The van der Waals surface area contributed by atoms with E-state index < -0.39 is 0 Å². The van der Waals surface area contributed by atoms with Crippen LogP contribution in [-0.4, -0.2) is 32.1 Å². The Labute approximate surface area is 109 Å². The number of aryl methyl sites for hydroxylation is 2. The lowest BCUT2D eigenvalue weighted by atomic mass is 10.2. The second-order valence-electron chi connectivity index (χ2n) is 4.06. The van der Waals surface area contributed by atoms with Crippen LogP contribution in [-0.2, 0) is 4.74 Å². The van der Waals surface area contributed by atoms with Crippen molar-refractivity contribution in [3.63, 3.8) is 0 Å². The fourth-order valence-corrected chi connectivity index (χ4v) is 2.54. The van der Waals surface area contributed by atoms with Crippen molar-refractivity contribution in [3.05, 3.63) is 29.3 Å². The first-order valence-corrected chi connectivity index (χ1v) is 7.21. The highest BCUT2D eigenvalue weighted by Gasteiger charge is 1.99. The van der Waals surface area contributed by atoms with Gasteiger partial charge >= 0.3 is 0 Å². The Kier molecular flexibility index (Phi) is 7.33. The minimum atomic E-state index is 0.804.